The second kappa shape index (κ2) is 5.81. The average Bonchev–Trinajstić information content (AvgIpc) is 2.97. The van der Waals surface area contributed by atoms with Crippen molar-refractivity contribution in [2.45, 2.75) is 33.6 Å². The first-order valence-corrected chi connectivity index (χ1v) is 8.39. The molecule has 7 nitrogen and oxygen atoms in total. The molecule has 0 unspecified atom stereocenters. The first kappa shape index (κ1) is 15.0. The molecule has 124 valence electrons. The molecule has 0 bridgehead atoms. The van der Waals surface area contributed by atoms with E-state index in [-0.39, 0.29) is 0 Å². The van der Waals surface area contributed by atoms with Crippen molar-refractivity contribution in [2.75, 3.05) is 18.0 Å². The van der Waals surface area contributed by atoms with Gasteiger partial charge in [-0.3, -0.25) is 0 Å². The third-order valence-corrected chi connectivity index (χ3v) is 4.70. The molecule has 1 aliphatic rings. The normalized spacial score (nSPS) is 16.0. The van der Waals surface area contributed by atoms with Gasteiger partial charge in [0, 0.05) is 31.0 Å². The maximum atomic E-state index is 4.78. The van der Waals surface area contributed by atoms with Crippen LogP contribution in [-0.2, 0) is 0 Å². The lowest BCUT2D eigenvalue weighted by Crippen LogP contribution is -2.34. The third kappa shape index (κ3) is 2.60. The van der Waals surface area contributed by atoms with Crippen LogP contribution in [0.3, 0.4) is 0 Å². The maximum Gasteiger partial charge on any atom is 0.252 e. The van der Waals surface area contributed by atoms with Gasteiger partial charge in [0.25, 0.3) is 5.78 Å². The molecule has 7 heteroatoms. The molecule has 1 saturated heterocycles. The molecule has 0 aromatic carbocycles. The fourth-order valence-electron chi connectivity index (χ4n) is 3.15. The summed E-state index contributed by atoms with van der Waals surface area (Å²) in [4.78, 5) is 20.2. The van der Waals surface area contributed by atoms with E-state index in [1.165, 1.54) is 12.8 Å². The summed E-state index contributed by atoms with van der Waals surface area (Å²) in [6, 6.07) is 1.93. The first-order chi connectivity index (χ1) is 11.6. The standard InChI is InChI=1S/C17H21N7/c1-11-5-8-23(9-6-11)16-18-7-4-15(21-16)14-10-19-17-20-13(3)22-24(17)12(14)2/h4,7,10-11H,5-6,8-9H2,1-3H3. The van der Waals surface area contributed by atoms with Crippen LogP contribution >= 0.6 is 0 Å². The molecule has 0 N–H and O–H groups in total. The Morgan fingerprint density at radius 3 is 2.67 bits per heavy atom. The lowest BCUT2D eigenvalue weighted by atomic mass is 10.00. The van der Waals surface area contributed by atoms with Crippen LogP contribution in [0.5, 0.6) is 0 Å². The van der Waals surface area contributed by atoms with Crippen LogP contribution in [0.15, 0.2) is 18.5 Å². The van der Waals surface area contributed by atoms with E-state index >= 15 is 0 Å². The van der Waals surface area contributed by atoms with E-state index in [4.69, 9.17) is 4.98 Å². The van der Waals surface area contributed by atoms with Crippen LogP contribution < -0.4 is 4.90 Å². The molecule has 0 aliphatic carbocycles. The molecule has 3 aromatic rings. The summed E-state index contributed by atoms with van der Waals surface area (Å²) in [6.07, 6.45) is 6.03. The van der Waals surface area contributed by atoms with Gasteiger partial charge in [0.05, 0.1) is 11.4 Å². The maximum absolute atomic E-state index is 4.78. The summed E-state index contributed by atoms with van der Waals surface area (Å²) in [5.41, 5.74) is 2.82. The van der Waals surface area contributed by atoms with Crippen molar-refractivity contribution in [3.8, 4) is 11.3 Å². The largest absolute Gasteiger partial charge is 0.341 e. The van der Waals surface area contributed by atoms with Crippen LogP contribution in [0.1, 0.15) is 31.3 Å². The topological polar surface area (TPSA) is 72.1 Å². The van der Waals surface area contributed by atoms with Crippen LogP contribution in [0.2, 0.25) is 0 Å². The molecule has 4 rings (SSSR count). The number of hydrogen-bond donors (Lipinski definition) is 0. The van der Waals surface area contributed by atoms with Gasteiger partial charge in [-0.1, -0.05) is 6.92 Å². The van der Waals surface area contributed by atoms with Gasteiger partial charge >= 0.3 is 0 Å². The number of anilines is 1. The number of rotatable bonds is 2. The summed E-state index contributed by atoms with van der Waals surface area (Å²) in [7, 11) is 0. The number of piperidine rings is 1. The highest BCUT2D eigenvalue weighted by atomic mass is 15.3. The molecule has 0 radical (unpaired) electrons. The molecule has 24 heavy (non-hydrogen) atoms. The molecule has 1 fully saturated rings. The summed E-state index contributed by atoms with van der Waals surface area (Å²) in [6.45, 7) is 8.22. The summed E-state index contributed by atoms with van der Waals surface area (Å²) < 4.78 is 1.77. The van der Waals surface area contributed by atoms with E-state index in [9.17, 15) is 0 Å². The highest BCUT2D eigenvalue weighted by molar-refractivity contribution is 5.63. The van der Waals surface area contributed by atoms with Gasteiger partial charge in [-0.15, -0.1) is 0 Å². The predicted octanol–water partition coefficient (Wildman–Crippen LogP) is 2.43. The highest BCUT2D eigenvalue weighted by Crippen LogP contribution is 2.24. The van der Waals surface area contributed by atoms with E-state index in [1.54, 1.807) is 4.52 Å². The fourth-order valence-corrected chi connectivity index (χ4v) is 3.15. The Morgan fingerprint density at radius 1 is 1.08 bits per heavy atom. The fraction of sp³-hybridized carbons (Fsp3) is 0.471. The first-order valence-electron chi connectivity index (χ1n) is 8.39. The molecule has 4 heterocycles. The molecule has 0 atom stereocenters. The summed E-state index contributed by atoms with van der Waals surface area (Å²) in [5, 5.41) is 4.41. The second-order valence-corrected chi connectivity index (χ2v) is 6.54. The van der Waals surface area contributed by atoms with E-state index in [2.05, 4.69) is 31.9 Å². The van der Waals surface area contributed by atoms with Crippen molar-refractivity contribution in [3.63, 3.8) is 0 Å². The lowest BCUT2D eigenvalue weighted by molar-refractivity contribution is 0.434. The molecule has 1 aliphatic heterocycles. The number of fused-ring (bicyclic) bond motifs is 1. The van der Waals surface area contributed by atoms with Crippen molar-refractivity contribution < 1.29 is 0 Å². The van der Waals surface area contributed by atoms with Gasteiger partial charge in [-0.05, 0) is 38.7 Å². The smallest absolute Gasteiger partial charge is 0.252 e. The van der Waals surface area contributed by atoms with Crippen LogP contribution in [-0.4, -0.2) is 42.6 Å². The zero-order chi connectivity index (χ0) is 16.7. The minimum absolute atomic E-state index is 0.619. The Labute approximate surface area is 140 Å². The van der Waals surface area contributed by atoms with Crippen molar-refractivity contribution >= 4 is 11.7 Å². The third-order valence-electron chi connectivity index (χ3n) is 4.70. The van der Waals surface area contributed by atoms with Crippen molar-refractivity contribution in [3.05, 3.63) is 30.0 Å². The Hall–Kier alpha value is -2.57. The van der Waals surface area contributed by atoms with Gasteiger partial charge in [0.15, 0.2) is 0 Å². The molecule has 3 aromatic heterocycles. The van der Waals surface area contributed by atoms with Gasteiger partial charge in [0.2, 0.25) is 5.95 Å². The Kier molecular flexibility index (Phi) is 3.63. The molecule has 0 amide bonds. The van der Waals surface area contributed by atoms with E-state index in [1.807, 2.05) is 32.3 Å². The lowest BCUT2D eigenvalue weighted by Gasteiger charge is -2.30. The molecule has 0 spiro atoms. The SMILES string of the molecule is Cc1nc2ncc(-c3ccnc(N4CCC(C)CC4)n3)c(C)n2n1. The summed E-state index contributed by atoms with van der Waals surface area (Å²) >= 11 is 0. The van der Waals surface area contributed by atoms with Crippen molar-refractivity contribution in [1.82, 2.24) is 29.5 Å². The van der Waals surface area contributed by atoms with Gasteiger partial charge in [0.1, 0.15) is 5.82 Å². The van der Waals surface area contributed by atoms with Crippen LogP contribution in [0.25, 0.3) is 17.0 Å². The molecular weight excluding hydrogens is 302 g/mol. The van der Waals surface area contributed by atoms with E-state index in [0.29, 0.717) is 11.6 Å². The monoisotopic (exact) mass is 323 g/mol. The molecule has 0 saturated carbocycles. The number of nitrogens with zero attached hydrogens (tertiary/aromatic N) is 7. The number of aryl methyl sites for hydroxylation is 2. The van der Waals surface area contributed by atoms with Crippen molar-refractivity contribution in [2.24, 2.45) is 5.92 Å². The average molecular weight is 323 g/mol. The Balaban J connectivity index is 1.72. The zero-order valence-corrected chi connectivity index (χ0v) is 14.3. The molecular formula is C17H21N7. The van der Waals surface area contributed by atoms with E-state index in [0.717, 1.165) is 41.9 Å². The van der Waals surface area contributed by atoms with Crippen LogP contribution in [0, 0.1) is 19.8 Å². The number of aromatic nitrogens is 6. The minimum atomic E-state index is 0.619. The predicted molar refractivity (Wildman–Crippen MR) is 91.9 cm³/mol. The quantitative estimate of drug-likeness (QED) is 0.721. The second-order valence-electron chi connectivity index (χ2n) is 6.54. The Bertz CT molecular complexity index is 878. The van der Waals surface area contributed by atoms with Gasteiger partial charge < -0.3 is 4.90 Å². The van der Waals surface area contributed by atoms with Gasteiger partial charge in [-0.25, -0.2) is 19.5 Å². The highest BCUT2D eigenvalue weighted by Gasteiger charge is 2.19. The number of hydrogen-bond acceptors (Lipinski definition) is 6. The Morgan fingerprint density at radius 2 is 1.88 bits per heavy atom. The zero-order valence-electron chi connectivity index (χ0n) is 14.3. The summed E-state index contributed by atoms with van der Waals surface area (Å²) in [5.74, 6) is 2.92. The van der Waals surface area contributed by atoms with Gasteiger partial charge in [-0.2, -0.15) is 10.1 Å². The van der Waals surface area contributed by atoms with Crippen LogP contribution in [0.4, 0.5) is 5.95 Å². The van der Waals surface area contributed by atoms with E-state index < -0.39 is 0 Å². The van der Waals surface area contributed by atoms with Crippen molar-refractivity contribution in [1.29, 1.82) is 0 Å². The minimum Gasteiger partial charge on any atom is -0.341 e.